The third-order valence-electron chi connectivity index (χ3n) is 10.4. The summed E-state index contributed by atoms with van der Waals surface area (Å²) in [4.78, 5) is 12.2. The summed E-state index contributed by atoms with van der Waals surface area (Å²) in [5, 5.41) is 11.7. The molecule has 0 radical (unpaired) electrons. The summed E-state index contributed by atoms with van der Waals surface area (Å²) in [6.45, 7) is 11.4. The summed E-state index contributed by atoms with van der Waals surface area (Å²) in [5.41, 5.74) is 4.66. The molecule has 0 unspecified atom stereocenters. The molecule has 5 rings (SSSR count). The van der Waals surface area contributed by atoms with Crippen molar-refractivity contribution in [1.29, 1.82) is 5.41 Å². The Balaban J connectivity index is 1.42. The van der Waals surface area contributed by atoms with E-state index in [1.807, 2.05) is 0 Å². The van der Waals surface area contributed by atoms with E-state index in [1.165, 1.54) is 24.0 Å². The van der Waals surface area contributed by atoms with Crippen molar-refractivity contribution in [2.24, 2.45) is 35.0 Å². The molecule has 8 atom stereocenters. The van der Waals surface area contributed by atoms with E-state index in [0.717, 1.165) is 51.6 Å². The first-order chi connectivity index (χ1) is 15.8. The Kier molecular flexibility index (Phi) is 6.23. The lowest BCUT2D eigenvalue weighted by Crippen LogP contribution is -2.49. The number of piperidine rings is 1. The zero-order valence-corrected chi connectivity index (χ0v) is 21.2. The fraction of sp³-hybridized carbons (Fsp3) is 0.793. The van der Waals surface area contributed by atoms with Crippen molar-refractivity contribution < 1.29 is 9.53 Å². The number of carbonyl (C=O) groups excluding carboxylic acids is 1. The Hall–Kier alpha value is -1.26. The van der Waals surface area contributed by atoms with E-state index >= 15 is 0 Å². The minimum Gasteiger partial charge on any atom is -0.369 e. The largest absolute Gasteiger partial charge is 0.369 e. The Morgan fingerprint density at radius 1 is 1.30 bits per heavy atom. The van der Waals surface area contributed by atoms with E-state index in [1.54, 1.807) is 11.8 Å². The monoisotopic (exact) mass is 452 g/mol. The first-order valence-corrected chi connectivity index (χ1v) is 13.5. The lowest BCUT2D eigenvalue weighted by Gasteiger charge is -2.47. The van der Waals surface area contributed by atoms with Crippen LogP contribution in [0.1, 0.15) is 85.5 Å². The predicted molar refractivity (Wildman–Crippen MR) is 134 cm³/mol. The van der Waals surface area contributed by atoms with Crippen LogP contribution >= 0.6 is 0 Å². The molecule has 4 nitrogen and oxygen atoms in total. The van der Waals surface area contributed by atoms with Crippen molar-refractivity contribution in [3.8, 4) is 0 Å². The number of hydrogen-bond donors (Lipinski definition) is 2. The highest BCUT2D eigenvalue weighted by Gasteiger charge is 2.54. The van der Waals surface area contributed by atoms with Gasteiger partial charge in [0.15, 0.2) is 0 Å². The van der Waals surface area contributed by atoms with Crippen molar-refractivity contribution in [3.63, 3.8) is 0 Å². The first kappa shape index (κ1) is 23.5. The SMILES string of the molecule is CC1=C2C[C@H]3[C@@H](CC=C4CC(=O)CC[C@@]43C)[C@@H]2CC[C@@](O[C@H]2CNC[C@@H](C)C2)([C@H](C)C=N)C1. The number of ether oxygens (including phenoxy) is 1. The highest BCUT2D eigenvalue weighted by molar-refractivity contribution is 5.82. The van der Waals surface area contributed by atoms with Crippen LogP contribution < -0.4 is 5.32 Å². The van der Waals surface area contributed by atoms with Gasteiger partial charge < -0.3 is 15.5 Å². The van der Waals surface area contributed by atoms with Gasteiger partial charge in [-0.05, 0) is 87.5 Å². The van der Waals surface area contributed by atoms with Gasteiger partial charge >= 0.3 is 0 Å². The molecule has 0 aromatic carbocycles. The van der Waals surface area contributed by atoms with Crippen LogP contribution in [0, 0.1) is 40.4 Å². The number of allylic oxidation sites excluding steroid dienone is 3. The van der Waals surface area contributed by atoms with Gasteiger partial charge in [-0.1, -0.05) is 43.6 Å². The first-order valence-electron chi connectivity index (χ1n) is 13.5. The standard InChI is InChI=1S/C29H44N2O2/c1-18-11-23(17-31-16-18)33-29(20(3)15-30)10-8-24-25-6-5-21-12-22(32)7-9-28(21,4)27(25)13-26(24)19(2)14-29/h5,15,18,20,23-25,27,30-31H,6-14,16-17H2,1-4H3/t18-,20+,23+,24-,25-,27-,28-,29-/m0/s1. The van der Waals surface area contributed by atoms with Gasteiger partial charge in [-0.15, -0.1) is 0 Å². The normalized spacial score (nSPS) is 44.3. The van der Waals surface area contributed by atoms with E-state index in [2.05, 4.69) is 39.1 Å². The van der Waals surface area contributed by atoms with Gasteiger partial charge in [-0.25, -0.2) is 0 Å². The maximum Gasteiger partial charge on any atom is 0.136 e. The second-order valence-electron chi connectivity index (χ2n) is 12.5. The molecule has 1 saturated heterocycles. The molecule has 0 bridgehead atoms. The van der Waals surface area contributed by atoms with Crippen LogP contribution in [-0.4, -0.2) is 36.8 Å². The molecule has 0 spiro atoms. The van der Waals surface area contributed by atoms with Gasteiger partial charge in [-0.2, -0.15) is 0 Å². The molecule has 1 heterocycles. The van der Waals surface area contributed by atoms with E-state index in [4.69, 9.17) is 10.1 Å². The number of fused-ring (bicyclic) bond motifs is 5. The highest BCUT2D eigenvalue weighted by atomic mass is 16.5. The summed E-state index contributed by atoms with van der Waals surface area (Å²) >= 11 is 0. The van der Waals surface area contributed by atoms with Gasteiger partial charge in [0.2, 0.25) is 0 Å². The smallest absolute Gasteiger partial charge is 0.136 e. The Morgan fingerprint density at radius 3 is 2.88 bits per heavy atom. The van der Waals surface area contributed by atoms with E-state index in [0.29, 0.717) is 35.9 Å². The van der Waals surface area contributed by atoms with E-state index < -0.39 is 0 Å². The van der Waals surface area contributed by atoms with Crippen LogP contribution in [-0.2, 0) is 9.53 Å². The molecular formula is C29H44N2O2. The van der Waals surface area contributed by atoms with Gasteiger partial charge in [0.1, 0.15) is 5.78 Å². The Bertz CT molecular complexity index is 875. The van der Waals surface area contributed by atoms with Gasteiger partial charge in [-0.3, -0.25) is 4.79 Å². The van der Waals surface area contributed by atoms with Crippen molar-refractivity contribution in [2.45, 2.75) is 97.2 Å². The van der Waals surface area contributed by atoms with Crippen molar-refractivity contribution in [2.75, 3.05) is 13.1 Å². The van der Waals surface area contributed by atoms with Crippen molar-refractivity contribution >= 4 is 12.0 Å². The molecule has 0 aromatic rings. The second-order valence-corrected chi connectivity index (χ2v) is 12.5. The van der Waals surface area contributed by atoms with Crippen LogP contribution in [0.15, 0.2) is 22.8 Å². The predicted octanol–water partition coefficient (Wildman–Crippen LogP) is 5.87. The summed E-state index contributed by atoms with van der Waals surface area (Å²) < 4.78 is 7.01. The Morgan fingerprint density at radius 2 is 2.12 bits per heavy atom. The van der Waals surface area contributed by atoms with E-state index in [-0.39, 0.29) is 23.0 Å². The number of ketones is 1. The average Bonchev–Trinajstić information content (AvgIpc) is 3.11. The quantitative estimate of drug-likeness (QED) is 0.414. The van der Waals surface area contributed by atoms with E-state index in [9.17, 15) is 4.79 Å². The molecule has 4 heteroatoms. The maximum absolute atomic E-state index is 12.2. The van der Waals surface area contributed by atoms with Gasteiger partial charge in [0.05, 0.1) is 11.7 Å². The molecule has 2 N–H and O–H groups in total. The van der Waals surface area contributed by atoms with Crippen LogP contribution in [0.25, 0.3) is 0 Å². The maximum atomic E-state index is 12.2. The Labute approximate surface area is 200 Å². The van der Waals surface area contributed by atoms with Crippen molar-refractivity contribution in [3.05, 3.63) is 22.8 Å². The fourth-order valence-corrected chi connectivity index (χ4v) is 8.38. The van der Waals surface area contributed by atoms with Gasteiger partial charge in [0.25, 0.3) is 0 Å². The lowest BCUT2D eigenvalue weighted by atomic mass is 9.57. The molecule has 182 valence electrons. The summed E-state index contributed by atoms with van der Waals surface area (Å²) in [6, 6.07) is 0. The molecule has 4 aliphatic carbocycles. The zero-order chi connectivity index (χ0) is 23.4. The number of Topliss-reactive ketones (excluding diaryl/α,β-unsaturated/α-hetero) is 1. The zero-order valence-electron chi connectivity index (χ0n) is 21.2. The molecule has 1 aliphatic heterocycles. The van der Waals surface area contributed by atoms with Gasteiger partial charge in [0, 0.05) is 31.5 Å². The number of rotatable bonds is 4. The van der Waals surface area contributed by atoms with Crippen LogP contribution in [0.2, 0.25) is 0 Å². The third kappa shape index (κ3) is 3.99. The number of hydrogen-bond acceptors (Lipinski definition) is 4. The topological polar surface area (TPSA) is 62.2 Å². The highest BCUT2D eigenvalue weighted by Crippen LogP contribution is 2.62. The summed E-state index contributed by atoms with van der Waals surface area (Å²) in [5.74, 6) is 3.26. The van der Waals surface area contributed by atoms with Crippen LogP contribution in [0.5, 0.6) is 0 Å². The summed E-state index contributed by atoms with van der Waals surface area (Å²) in [6.07, 6.45) is 13.5. The molecule has 0 amide bonds. The molecule has 33 heavy (non-hydrogen) atoms. The molecule has 0 aromatic heterocycles. The molecular weight excluding hydrogens is 408 g/mol. The molecule has 3 fully saturated rings. The number of carbonyl (C=O) groups is 1. The lowest BCUT2D eigenvalue weighted by molar-refractivity contribution is -0.126. The average molecular weight is 453 g/mol. The third-order valence-corrected chi connectivity index (χ3v) is 10.4. The van der Waals surface area contributed by atoms with Crippen LogP contribution in [0.4, 0.5) is 0 Å². The minimum atomic E-state index is -0.251. The molecule has 5 aliphatic rings. The summed E-state index contributed by atoms with van der Waals surface area (Å²) in [7, 11) is 0. The second kappa shape index (κ2) is 8.75. The molecule has 2 saturated carbocycles. The van der Waals surface area contributed by atoms with Crippen molar-refractivity contribution in [1.82, 2.24) is 5.32 Å². The fourth-order valence-electron chi connectivity index (χ4n) is 8.38. The number of nitrogens with one attached hydrogen (secondary N) is 2. The minimum absolute atomic E-state index is 0.125. The van der Waals surface area contributed by atoms with Crippen LogP contribution in [0.3, 0.4) is 0 Å².